The van der Waals surface area contributed by atoms with Crippen molar-refractivity contribution in [1.29, 1.82) is 0 Å². The van der Waals surface area contributed by atoms with Crippen LogP contribution in [-0.2, 0) is 4.79 Å². The Morgan fingerprint density at radius 2 is 2.24 bits per heavy atom. The van der Waals surface area contributed by atoms with Crippen LogP contribution < -0.4 is 15.8 Å². The average molecular weight is 291 g/mol. The third kappa shape index (κ3) is 4.93. The maximum atomic E-state index is 12.1. The van der Waals surface area contributed by atoms with Crippen LogP contribution >= 0.6 is 0 Å². The molecule has 1 fully saturated rings. The number of hydrogen-bond donors (Lipinski definition) is 2. The zero-order valence-corrected chi connectivity index (χ0v) is 12.9. The van der Waals surface area contributed by atoms with Gasteiger partial charge in [0.05, 0.1) is 12.8 Å². The average Bonchev–Trinajstić information content (AvgIpc) is 3.27. The van der Waals surface area contributed by atoms with Crippen LogP contribution in [0, 0.1) is 5.92 Å². The predicted molar refractivity (Wildman–Crippen MR) is 85.5 cm³/mol. The number of methoxy groups -OCH3 is 1. The molecule has 1 aliphatic carbocycles. The highest BCUT2D eigenvalue weighted by atomic mass is 16.5. The van der Waals surface area contributed by atoms with E-state index in [1.165, 1.54) is 12.8 Å². The highest BCUT2D eigenvalue weighted by molar-refractivity contribution is 5.93. The molecular formula is C16H25N3O2. The number of rotatable bonds is 8. The van der Waals surface area contributed by atoms with Crippen LogP contribution in [0.1, 0.15) is 26.2 Å². The summed E-state index contributed by atoms with van der Waals surface area (Å²) >= 11 is 0. The molecule has 0 radical (unpaired) electrons. The van der Waals surface area contributed by atoms with Gasteiger partial charge in [-0.3, -0.25) is 4.79 Å². The van der Waals surface area contributed by atoms with Crippen molar-refractivity contribution in [3.63, 3.8) is 0 Å². The first-order chi connectivity index (χ1) is 10.1. The molecule has 0 spiro atoms. The molecule has 0 unspecified atom stereocenters. The monoisotopic (exact) mass is 291 g/mol. The van der Waals surface area contributed by atoms with Crippen LogP contribution in [0.25, 0.3) is 0 Å². The fourth-order valence-electron chi connectivity index (χ4n) is 2.34. The Bertz CT molecular complexity index is 486. The van der Waals surface area contributed by atoms with Crippen molar-refractivity contribution in [2.75, 3.05) is 37.8 Å². The smallest absolute Gasteiger partial charge is 0.225 e. The maximum absolute atomic E-state index is 12.1. The zero-order valence-electron chi connectivity index (χ0n) is 12.9. The molecule has 1 aromatic rings. The molecule has 5 heteroatoms. The molecule has 5 nitrogen and oxygen atoms in total. The Morgan fingerprint density at radius 1 is 1.48 bits per heavy atom. The molecule has 0 heterocycles. The molecule has 0 aromatic heterocycles. The SMILES string of the molecule is CCN(CCC(=O)Nc1cc(N)ccc1OC)CC1CC1. The summed E-state index contributed by atoms with van der Waals surface area (Å²) in [4.78, 5) is 14.4. The molecule has 0 bridgehead atoms. The molecule has 21 heavy (non-hydrogen) atoms. The number of nitrogen functional groups attached to an aromatic ring is 1. The number of nitrogens with zero attached hydrogens (tertiary/aromatic N) is 1. The molecule has 116 valence electrons. The van der Waals surface area contributed by atoms with E-state index >= 15 is 0 Å². The summed E-state index contributed by atoms with van der Waals surface area (Å²) in [7, 11) is 1.58. The van der Waals surface area contributed by atoms with Crippen molar-refractivity contribution in [2.45, 2.75) is 26.2 Å². The summed E-state index contributed by atoms with van der Waals surface area (Å²) < 4.78 is 5.23. The fraction of sp³-hybridized carbons (Fsp3) is 0.562. The first-order valence-electron chi connectivity index (χ1n) is 7.58. The van der Waals surface area contributed by atoms with Gasteiger partial charge in [-0.2, -0.15) is 0 Å². The van der Waals surface area contributed by atoms with Crippen LogP contribution in [0.3, 0.4) is 0 Å². The third-order valence-electron chi connectivity index (χ3n) is 3.81. The van der Waals surface area contributed by atoms with E-state index in [2.05, 4.69) is 17.1 Å². The Balaban J connectivity index is 1.84. The number of carbonyl (C=O) groups excluding carboxylic acids is 1. The van der Waals surface area contributed by atoms with E-state index in [-0.39, 0.29) is 5.91 Å². The largest absolute Gasteiger partial charge is 0.495 e. The van der Waals surface area contributed by atoms with E-state index in [9.17, 15) is 4.79 Å². The van der Waals surface area contributed by atoms with Gasteiger partial charge < -0.3 is 20.7 Å². The first kappa shape index (κ1) is 15.6. The Morgan fingerprint density at radius 3 is 2.86 bits per heavy atom. The van der Waals surface area contributed by atoms with Gasteiger partial charge in [-0.05, 0) is 43.5 Å². The lowest BCUT2D eigenvalue weighted by atomic mass is 10.2. The number of hydrogen-bond acceptors (Lipinski definition) is 4. The lowest BCUT2D eigenvalue weighted by molar-refractivity contribution is -0.116. The van der Waals surface area contributed by atoms with Gasteiger partial charge in [0.25, 0.3) is 0 Å². The minimum Gasteiger partial charge on any atom is -0.495 e. The van der Waals surface area contributed by atoms with Gasteiger partial charge in [0.2, 0.25) is 5.91 Å². The standard InChI is InChI=1S/C16H25N3O2/c1-3-19(11-12-4-5-12)9-8-16(20)18-14-10-13(17)6-7-15(14)21-2/h6-7,10,12H,3-5,8-9,11,17H2,1-2H3,(H,18,20). The van der Waals surface area contributed by atoms with E-state index in [1.54, 1.807) is 25.3 Å². The minimum atomic E-state index is -0.00635. The van der Waals surface area contributed by atoms with Crippen molar-refractivity contribution in [3.8, 4) is 5.75 Å². The van der Waals surface area contributed by atoms with Crippen molar-refractivity contribution in [2.24, 2.45) is 5.92 Å². The van der Waals surface area contributed by atoms with Crippen LogP contribution in [0.15, 0.2) is 18.2 Å². The second kappa shape index (κ2) is 7.31. The van der Waals surface area contributed by atoms with Crippen molar-refractivity contribution in [1.82, 2.24) is 4.90 Å². The second-order valence-corrected chi connectivity index (χ2v) is 5.59. The van der Waals surface area contributed by atoms with E-state index in [4.69, 9.17) is 10.5 Å². The fourth-order valence-corrected chi connectivity index (χ4v) is 2.34. The molecule has 3 N–H and O–H groups in total. The topological polar surface area (TPSA) is 67.6 Å². The zero-order chi connectivity index (χ0) is 15.2. The van der Waals surface area contributed by atoms with Gasteiger partial charge >= 0.3 is 0 Å². The van der Waals surface area contributed by atoms with Crippen molar-refractivity contribution in [3.05, 3.63) is 18.2 Å². The summed E-state index contributed by atoms with van der Waals surface area (Å²) in [6.45, 7) is 5.04. The molecule has 1 saturated carbocycles. The summed E-state index contributed by atoms with van der Waals surface area (Å²) in [6.07, 6.45) is 3.16. The number of benzene rings is 1. The highest BCUT2D eigenvalue weighted by Crippen LogP contribution is 2.30. The van der Waals surface area contributed by atoms with Crippen molar-refractivity contribution >= 4 is 17.3 Å². The summed E-state index contributed by atoms with van der Waals surface area (Å²) in [6, 6.07) is 5.23. The number of nitrogens with one attached hydrogen (secondary N) is 1. The number of anilines is 2. The predicted octanol–water partition coefficient (Wildman–Crippen LogP) is 2.34. The number of ether oxygens (including phenoxy) is 1. The lowest BCUT2D eigenvalue weighted by Gasteiger charge is -2.20. The number of nitrogens with two attached hydrogens (primary N) is 1. The molecular weight excluding hydrogens is 266 g/mol. The third-order valence-corrected chi connectivity index (χ3v) is 3.81. The van der Waals surface area contributed by atoms with Gasteiger partial charge in [-0.1, -0.05) is 6.92 Å². The lowest BCUT2D eigenvalue weighted by Crippen LogP contribution is -2.29. The number of amides is 1. The second-order valence-electron chi connectivity index (χ2n) is 5.59. The molecule has 0 saturated heterocycles. The minimum absolute atomic E-state index is 0.00635. The summed E-state index contributed by atoms with van der Waals surface area (Å²) in [5.41, 5.74) is 6.99. The molecule has 1 aromatic carbocycles. The van der Waals surface area contributed by atoms with Crippen LogP contribution in [-0.4, -0.2) is 37.6 Å². The van der Waals surface area contributed by atoms with Crippen LogP contribution in [0.5, 0.6) is 5.75 Å². The van der Waals surface area contributed by atoms with Gasteiger partial charge in [0.15, 0.2) is 0 Å². The quantitative estimate of drug-likeness (QED) is 0.721. The van der Waals surface area contributed by atoms with E-state index < -0.39 is 0 Å². The normalized spacial score (nSPS) is 14.2. The van der Waals surface area contributed by atoms with Crippen LogP contribution in [0.4, 0.5) is 11.4 Å². The van der Waals surface area contributed by atoms with E-state index in [0.29, 0.717) is 23.5 Å². The molecule has 1 amide bonds. The summed E-state index contributed by atoms with van der Waals surface area (Å²) in [5.74, 6) is 1.47. The molecule has 1 aliphatic rings. The Labute approximate surface area is 126 Å². The maximum Gasteiger partial charge on any atom is 0.225 e. The number of carbonyl (C=O) groups is 1. The van der Waals surface area contributed by atoms with Gasteiger partial charge in [0, 0.05) is 25.2 Å². The van der Waals surface area contributed by atoms with Gasteiger partial charge in [-0.25, -0.2) is 0 Å². The van der Waals surface area contributed by atoms with E-state index in [1.807, 2.05) is 0 Å². The van der Waals surface area contributed by atoms with Crippen LogP contribution in [0.2, 0.25) is 0 Å². The summed E-state index contributed by atoms with van der Waals surface area (Å²) in [5, 5.41) is 2.88. The Kier molecular flexibility index (Phi) is 5.44. The first-order valence-corrected chi connectivity index (χ1v) is 7.58. The Hall–Kier alpha value is -1.75. The van der Waals surface area contributed by atoms with Gasteiger partial charge in [-0.15, -0.1) is 0 Å². The molecule has 0 atom stereocenters. The van der Waals surface area contributed by atoms with E-state index in [0.717, 1.165) is 25.6 Å². The van der Waals surface area contributed by atoms with Crippen molar-refractivity contribution < 1.29 is 9.53 Å². The highest BCUT2D eigenvalue weighted by Gasteiger charge is 2.23. The molecule has 2 rings (SSSR count). The van der Waals surface area contributed by atoms with Gasteiger partial charge in [0.1, 0.15) is 5.75 Å². The molecule has 0 aliphatic heterocycles.